The maximum atomic E-state index is 12.9. The van der Waals surface area contributed by atoms with E-state index in [0.717, 1.165) is 16.8 Å². The third-order valence-corrected chi connectivity index (χ3v) is 5.10. The van der Waals surface area contributed by atoms with Crippen LogP contribution in [0.3, 0.4) is 0 Å². The molecule has 29 heavy (non-hydrogen) atoms. The van der Waals surface area contributed by atoms with Gasteiger partial charge < -0.3 is 15.0 Å². The van der Waals surface area contributed by atoms with Crippen molar-refractivity contribution in [1.82, 2.24) is 0 Å². The van der Waals surface area contributed by atoms with Crippen molar-refractivity contribution in [2.75, 3.05) is 16.8 Å². The van der Waals surface area contributed by atoms with Crippen molar-refractivity contribution in [3.63, 3.8) is 0 Å². The second kappa shape index (κ2) is 8.43. The zero-order chi connectivity index (χ0) is 21.1. The van der Waals surface area contributed by atoms with Crippen molar-refractivity contribution in [2.45, 2.75) is 33.3 Å². The number of carbonyl (C=O) groups excluding carboxylic acids is 3. The smallest absolute Gasteiger partial charge is 0.312 e. The predicted octanol–water partition coefficient (Wildman–Crippen LogP) is 3.37. The molecule has 2 amide bonds. The summed E-state index contributed by atoms with van der Waals surface area (Å²) in [6.07, 6.45) is -1.00. The molecule has 0 unspecified atom stereocenters. The third kappa shape index (κ3) is 4.62. The molecule has 1 fully saturated rings. The first-order valence-corrected chi connectivity index (χ1v) is 9.39. The van der Waals surface area contributed by atoms with Crippen LogP contribution in [0.4, 0.5) is 15.8 Å². The highest BCUT2D eigenvalue weighted by atomic mass is 19.1. The predicted molar refractivity (Wildman–Crippen MR) is 107 cm³/mol. The number of ether oxygens (including phenoxy) is 1. The van der Waals surface area contributed by atoms with E-state index in [2.05, 4.69) is 5.32 Å². The van der Waals surface area contributed by atoms with E-state index in [1.54, 1.807) is 4.90 Å². The van der Waals surface area contributed by atoms with Gasteiger partial charge in [0.15, 0.2) is 6.10 Å². The Labute approximate surface area is 168 Å². The maximum Gasteiger partial charge on any atom is 0.312 e. The van der Waals surface area contributed by atoms with Gasteiger partial charge >= 0.3 is 5.97 Å². The van der Waals surface area contributed by atoms with Crippen molar-refractivity contribution >= 4 is 29.2 Å². The molecule has 7 heteroatoms. The van der Waals surface area contributed by atoms with Gasteiger partial charge in [-0.15, -0.1) is 0 Å². The lowest BCUT2D eigenvalue weighted by Crippen LogP contribution is -2.33. The number of rotatable bonds is 5. The van der Waals surface area contributed by atoms with Crippen LogP contribution in [-0.2, 0) is 19.1 Å². The molecule has 0 saturated carbocycles. The number of amides is 2. The third-order valence-electron chi connectivity index (χ3n) is 5.10. The molecule has 2 aromatic rings. The zero-order valence-electron chi connectivity index (χ0n) is 16.6. The van der Waals surface area contributed by atoms with E-state index in [9.17, 15) is 18.8 Å². The molecular formula is C22H23FN2O4. The van der Waals surface area contributed by atoms with Gasteiger partial charge in [-0.25, -0.2) is 4.39 Å². The van der Waals surface area contributed by atoms with Crippen LogP contribution in [0.1, 0.15) is 24.5 Å². The van der Waals surface area contributed by atoms with E-state index >= 15 is 0 Å². The molecule has 152 valence electrons. The monoisotopic (exact) mass is 398 g/mol. The van der Waals surface area contributed by atoms with Gasteiger partial charge in [-0.1, -0.05) is 12.1 Å². The second-order valence-electron chi connectivity index (χ2n) is 7.20. The van der Waals surface area contributed by atoms with E-state index < -0.39 is 29.7 Å². The first-order chi connectivity index (χ1) is 13.8. The molecule has 1 saturated heterocycles. The summed E-state index contributed by atoms with van der Waals surface area (Å²) in [5.41, 5.74) is 3.23. The van der Waals surface area contributed by atoms with Gasteiger partial charge in [0.1, 0.15) is 5.82 Å². The van der Waals surface area contributed by atoms with Crippen molar-refractivity contribution in [2.24, 2.45) is 5.92 Å². The van der Waals surface area contributed by atoms with Crippen molar-refractivity contribution < 1.29 is 23.5 Å². The average Bonchev–Trinajstić information content (AvgIpc) is 3.07. The molecule has 2 aromatic carbocycles. The van der Waals surface area contributed by atoms with Gasteiger partial charge in [0.25, 0.3) is 5.91 Å². The van der Waals surface area contributed by atoms with Gasteiger partial charge in [0, 0.05) is 24.3 Å². The first kappa shape index (κ1) is 20.5. The van der Waals surface area contributed by atoms with Crippen LogP contribution in [0.25, 0.3) is 0 Å². The van der Waals surface area contributed by atoms with Crippen molar-refractivity contribution in [3.8, 4) is 0 Å². The summed E-state index contributed by atoms with van der Waals surface area (Å²) in [5, 5.41) is 2.56. The van der Waals surface area contributed by atoms with Crippen molar-refractivity contribution in [1.29, 1.82) is 0 Å². The Morgan fingerprint density at radius 1 is 1.17 bits per heavy atom. The standard InChI is InChI=1S/C22H23FN2O4/c1-13-5-4-6-19(14(13)2)25-12-16(11-20(25)26)22(28)29-15(3)21(27)24-18-9-7-17(23)8-10-18/h4-10,15-16H,11-12H2,1-3H3,(H,24,27)/t15-,16-/m1/s1. The minimum atomic E-state index is -1.04. The van der Waals surface area contributed by atoms with Crippen LogP contribution in [0, 0.1) is 25.6 Å². The van der Waals surface area contributed by atoms with Crippen LogP contribution in [0.15, 0.2) is 42.5 Å². The lowest BCUT2D eigenvalue weighted by atomic mass is 10.1. The number of halogens is 1. The van der Waals surface area contributed by atoms with E-state index in [4.69, 9.17) is 4.74 Å². The van der Waals surface area contributed by atoms with Gasteiger partial charge in [-0.05, 0) is 62.2 Å². The number of aryl methyl sites for hydroxylation is 1. The lowest BCUT2D eigenvalue weighted by molar-refractivity contribution is -0.157. The molecule has 0 spiro atoms. The molecule has 0 aromatic heterocycles. The Kier molecular flexibility index (Phi) is 5.96. The van der Waals surface area contributed by atoms with Crippen LogP contribution >= 0.6 is 0 Å². The summed E-state index contributed by atoms with van der Waals surface area (Å²) in [5.74, 6) is -2.32. The largest absolute Gasteiger partial charge is 0.452 e. The molecule has 6 nitrogen and oxygen atoms in total. The summed E-state index contributed by atoms with van der Waals surface area (Å²) in [6.45, 7) is 5.57. The molecule has 1 N–H and O–H groups in total. The number of hydrogen-bond donors (Lipinski definition) is 1. The molecule has 1 heterocycles. The molecular weight excluding hydrogens is 375 g/mol. The van der Waals surface area contributed by atoms with E-state index in [1.807, 2.05) is 32.0 Å². The van der Waals surface area contributed by atoms with Crippen LogP contribution in [0.2, 0.25) is 0 Å². The fourth-order valence-corrected chi connectivity index (χ4v) is 3.23. The number of carbonyl (C=O) groups is 3. The lowest BCUT2D eigenvalue weighted by Gasteiger charge is -2.20. The SMILES string of the molecule is Cc1cccc(N2C[C@H](C(=O)O[C@H](C)C(=O)Nc3ccc(F)cc3)CC2=O)c1C. The maximum absolute atomic E-state index is 12.9. The van der Waals surface area contributed by atoms with Gasteiger partial charge in [-0.3, -0.25) is 14.4 Å². The minimum Gasteiger partial charge on any atom is -0.452 e. The summed E-state index contributed by atoms with van der Waals surface area (Å²) >= 11 is 0. The van der Waals surface area contributed by atoms with E-state index in [-0.39, 0.29) is 18.9 Å². The number of esters is 1. The summed E-state index contributed by atoms with van der Waals surface area (Å²) < 4.78 is 18.2. The van der Waals surface area contributed by atoms with Crippen LogP contribution in [0.5, 0.6) is 0 Å². The molecule has 2 atom stereocenters. The second-order valence-corrected chi connectivity index (χ2v) is 7.20. The Morgan fingerprint density at radius 3 is 2.55 bits per heavy atom. The Hall–Kier alpha value is -3.22. The minimum absolute atomic E-state index is 0.0402. The zero-order valence-corrected chi connectivity index (χ0v) is 16.6. The van der Waals surface area contributed by atoms with Gasteiger partial charge in [0.2, 0.25) is 5.91 Å². The van der Waals surface area contributed by atoms with Crippen molar-refractivity contribution in [3.05, 3.63) is 59.4 Å². The first-order valence-electron chi connectivity index (χ1n) is 9.39. The quantitative estimate of drug-likeness (QED) is 0.784. The number of hydrogen-bond acceptors (Lipinski definition) is 4. The fourth-order valence-electron chi connectivity index (χ4n) is 3.23. The number of nitrogens with zero attached hydrogens (tertiary/aromatic N) is 1. The Balaban J connectivity index is 1.60. The van der Waals surface area contributed by atoms with Gasteiger partial charge in [0.05, 0.1) is 5.92 Å². The number of nitrogens with one attached hydrogen (secondary N) is 1. The topological polar surface area (TPSA) is 75.7 Å². The Bertz CT molecular complexity index is 942. The Morgan fingerprint density at radius 2 is 1.86 bits per heavy atom. The molecule has 3 rings (SSSR count). The molecule has 0 radical (unpaired) electrons. The normalized spacial score (nSPS) is 17.2. The molecule has 1 aliphatic heterocycles. The fraction of sp³-hybridized carbons (Fsp3) is 0.318. The van der Waals surface area contributed by atoms with Gasteiger partial charge in [-0.2, -0.15) is 0 Å². The van der Waals surface area contributed by atoms with E-state index in [0.29, 0.717) is 5.69 Å². The molecule has 0 aliphatic carbocycles. The highest BCUT2D eigenvalue weighted by Crippen LogP contribution is 2.30. The highest BCUT2D eigenvalue weighted by molar-refractivity contribution is 6.01. The average molecular weight is 398 g/mol. The van der Waals surface area contributed by atoms with Crippen LogP contribution < -0.4 is 10.2 Å². The number of anilines is 2. The molecule has 1 aliphatic rings. The van der Waals surface area contributed by atoms with Crippen LogP contribution in [-0.4, -0.2) is 30.4 Å². The summed E-state index contributed by atoms with van der Waals surface area (Å²) in [7, 11) is 0. The summed E-state index contributed by atoms with van der Waals surface area (Å²) in [6, 6.07) is 11.0. The highest BCUT2D eigenvalue weighted by Gasteiger charge is 2.37. The number of benzene rings is 2. The molecule has 0 bridgehead atoms. The van der Waals surface area contributed by atoms with E-state index in [1.165, 1.54) is 31.2 Å². The summed E-state index contributed by atoms with van der Waals surface area (Å²) in [4.78, 5) is 38.8.